The van der Waals surface area contributed by atoms with Crippen LogP contribution in [0.1, 0.15) is 20.3 Å². The predicted molar refractivity (Wildman–Crippen MR) is 76.9 cm³/mol. The zero-order valence-electron chi connectivity index (χ0n) is 11.2. The molecule has 0 amide bonds. The molecule has 0 radical (unpaired) electrons. The van der Waals surface area contributed by atoms with Crippen LogP contribution in [0, 0.1) is 0 Å². The third-order valence-electron chi connectivity index (χ3n) is 2.40. The lowest BCUT2D eigenvalue weighted by Crippen LogP contribution is -2.32. The Morgan fingerprint density at radius 1 is 1.39 bits per heavy atom. The second-order valence-electron chi connectivity index (χ2n) is 3.95. The SMILES string of the molecule is CCCOc1nc(Cl)nc(N(C)C(C)CSC)n1. The van der Waals surface area contributed by atoms with Crippen molar-refractivity contribution in [3.63, 3.8) is 0 Å². The molecule has 1 aromatic heterocycles. The van der Waals surface area contributed by atoms with Crippen LogP contribution < -0.4 is 9.64 Å². The highest BCUT2D eigenvalue weighted by molar-refractivity contribution is 7.98. The number of anilines is 1. The van der Waals surface area contributed by atoms with Gasteiger partial charge < -0.3 is 9.64 Å². The summed E-state index contributed by atoms with van der Waals surface area (Å²) < 4.78 is 5.39. The minimum atomic E-state index is 0.161. The van der Waals surface area contributed by atoms with E-state index in [1.54, 1.807) is 11.8 Å². The molecular weight excluding hydrogens is 272 g/mol. The van der Waals surface area contributed by atoms with Crippen molar-refractivity contribution in [1.82, 2.24) is 15.0 Å². The van der Waals surface area contributed by atoms with Crippen molar-refractivity contribution >= 4 is 29.3 Å². The first-order valence-corrected chi connectivity index (χ1v) is 7.61. The summed E-state index contributed by atoms with van der Waals surface area (Å²) >= 11 is 7.66. The Balaban J connectivity index is 2.84. The van der Waals surface area contributed by atoms with Gasteiger partial charge in [0.1, 0.15) is 0 Å². The van der Waals surface area contributed by atoms with Crippen molar-refractivity contribution in [3.05, 3.63) is 5.28 Å². The van der Waals surface area contributed by atoms with Gasteiger partial charge in [-0.2, -0.15) is 26.7 Å². The molecule has 1 rings (SSSR count). The predicted octanol–water partition coefficient (Wildman–Crippen LogP) is 2.50. The average Bonchev–Trinajstić information content (AvgIpc) is 2.35. The average molecular weight is 291 g/mol. The Morgan fingerprint density at radius 3 is 2.72 bits per heavy atom. The maximum Gasteiger partial charge on any atom is 0.322 e. The number of aromatic nitrogens is 3. The van der Waals surface area contributed by atoms with E-state index in [4.69, 9.17) is 16.3 Å². The largest absolute Gasteiger partial charge is 0.463 e. The summed E-state index contributed by atoms with van der Waals surface area (Å²) in [7, 11) is 1.94. The molecule has 0 aliphatic carbocycles. The zero-order chi connectivity index (χ0) is 13.5. The van der Waals surface area contributed by atoms with E-state index in [1.807, 2.05) is 18.9 Å². The van der Waals surface area contributed by atoms with Crippen LogP contribution in [0.2, 0.25) is 5.28 Å². The van der Waals surface area contributed by atoms with E-state index in [1.165, 1.54) is 0 Å². The molecular formula is C11H19ClN4OS. The molecule has 1 aromatic rings. The van der Waals surface area contributed by atoms with Crippen molar-refractivity contribution in [3.8, 4) is 6.01 Å². The Bertz CT molecular complexity index is 380. The lowest BCUT2D eigenvalue weighted by Gasteiger charge is -2.24. The van der Waals surface area contributed by atoms with Crippen molar-refractivity contribution in [1.29, 1.82) is 0 Å². The van der Waals surface area contributed by atoms with Crippen molar-refractivity contribution in [2.45, 2.75) is 26.3 Å². The molecule has 0 fully saturated rings. The Kier molecular flexibility index (Phi) is 6.49. The van der Waals surface area contributed by atoms with Gasteiger partial charge in [-0.3, -0.25) is 0 Å². The van der Waals surface area contributed by atoms with Crippen LogP contribution in [0.25, 0.3) is 0 Å². The van der Waals surface area contributed by atoms with Crippen LogP contribution in [0.3, 0.4) is 0 Å². The molecule has 0 bridgehead atoms. The van der Waals surface area contributed by atoms with Gasteiger partial charge in [0.25, 0.3) is 0 Å². The second-order valence-corrected chi connectivity index (χ2v) is 5.20. The van der Waals surface area contributed by atoms with Crippen LogP contribution in [0.5, 0.6) is 6.01 Å². The zero-order valence-corrected chi connectivity index (χ0v) is 12.8. The number of rotatable bonds is 7. The van der Waals surface area contributed by atoms with Crippen molar-refractivity contribution < 1.29 is 4.74 Å². The summed E-state index contributed by atoms with van der Waals surface area (Å²) in [5, 5.41) is 0.161. The number of halogens is 1. The lowest BCUT2D eigenvalue weighted by molar-refractivity contribution is 0.291. The van der Waals surface area contributed by atoms with E-state index in [2.05, 4.69) is 28.1 Å². The van der Waals surface area contributed by atoms with Gasteiger partial charge in [0.05, 0.1) is 6.61 Å². The van der Waals surface area contributed by atoms with E-state index in [-0.39, 0.29) is 11.3 Å². The molecule has 1 unspecified atom stereocenters. The number of hydrogen-bond donors (Lipinski definition) is 0. The second kappa shape index (κ2) is 7.63. The molecule has 0 saturated carbocycles. The molecule has 5 nitrogen and oxygen atoms in total. The molecule has 0 saturated heterocycles. The van der Waals surface area contributed by atoms with Crippen LogP contribution in [-0.2, 0) is 0 Å². The van der Waals surface area contributed by atoms with Crippen LogP contribution >= 0.6 is 23.4 Å². The number of thioether (sulfide) groups is 1. The third-order valence-corrected chi connectivity index (χ3v) is 3.38. The van der Waals surface area contributed by atoms with Gasteiger partial charge in [-0.1, -0.05) is 6.92 Å². The molecule has 0 aromatic carbocycles. The number of ether oxygens (including phenoxy) is 1. The fraction of sp³-hybridized carbons (Fsp3) is 0.727. The minimum absolute atomic E-state index is 0.161. The first-order chi connectivity index (χ1) is 8.58. The number of nitrogens with zero attached hydrogens (tertiary/aromatic N) is 4. The molecule has 0 aliphatic heterocycles. The van der Waals surface area contributed by atoms with Crippen LogP contribution in [0.4, 0.5) is 5.95 Å². The number of hydrogen-bond acceptors (Lipinski definition) is 6. The summed E-state index contributed by atoms with van der Waals surface area (Å²) in [6.07, 6.45) is 2.97. The fourth-order valence-electron chi connectivity index (χ4n) is 1.29. The molecule has 1 atom stereocenters. The highest BCUT2D eigenvalue weighted by atomic mass is 35.5. The quantitative estimate of drug-likeness (QED) is 0.769. The van der Waals surface area contributed by atoms with E-state index in [9.17, 15) is 0 Å². The molecule has 1 heterocycles. The van der Waals surface area contributed by atoms with Crippen LogP contribution in [0.15, 0.2) is 0 Å². The van der Waals surface area contributed by atoms with E-state index in [0.717, 1.165) is 12.2 Å². The fourth-order valence-corrected chi connectivity index (χ4v) is 2.14. The Morgan fingerprint density at radius 2 is 2.11 bits per heavy atom. The summed E-state index contributed by atoms with van der Waals surface area (Å²) in [5.41, 5.74) is 0. The molecule has 18 heavy (non-hydrogen) atoms. The molecule has 102 valence electrons. The molecule has 0 spiro atoms. The highest BCUT2D eigenvalue weighted by Crippen LogP contribution is 2.17. The molecule has 0 N–H and O–H groups in total. The lowest BCUT2D eigenvalue weighted by atomic mass is 10.3. The first-order valence-electron chi connectivity index (χ1n) is 5.84. The monoisotopic (exact) mass is 290 g/mol. The van der Waals surface area contributed by atoms with E-state index < -0.39 is 0 Å². The summed E-state index contributed by atoms with van der Waals surface area (Å²) in [5.74, 6) is 1.54. The Labute approximate surface area is 117 Å². The molecule has 0 aliphatic rings. The van der Waals surface area contributed by atoms with Gasteiger partial charge in [-0.15, -0.1) is 0 Å². The third kappa shape index (κ3) is 4.49. The van der Waals surface area contributed by atoms with Gasteiger partial charge >= 0.3 is 6.01 Å². The maximum atomic E-state index is 5.88. The Hall–Kier alpha value is -0.750. The maximum absolute atomic E-state index is 5.88. The van der Waals surface area contributed by atoms with Gasteiger partial charge in [0.2, 0.25) is 11.2 Å². The smallest absolute Gasteiger partial charge is 0.322 e. The molecule has 7 heteroatoms. The summed E-state index contributed by atoms with van der Waals surface area (Å²) in [6, 6.07) is 0.604. The van der Waals surface area contributed by atoms with Gasteiger partial charge in [0.15, 0.2) is 0 Å². The van der Waals surface area contributed by atoms with Crippen molar-refractivity contribution in [2.75, 3.05) is 30.6 Å². The first kappa shape index (κ1) is 15.3. The topological polar surface area (TPSA) is 51.1 Å². The van der Waals surface area contributed by atoms with Gasteiger partial charge in [0, 0.05) is 18.8 Å². The standard InChI is InChI=1S/C11H19ClN4OS/c1-5-6-17-11-14-9(12)13-10(15-11)16(3)8(2)7-18-4/h8H,5-7H2,1-4H3. The minimum Gasteiger partial charge on any atom is -0.463 e. The van der Waals surface area contributed by atoms with Crippen molar-refractivity contribution in [2.24, 2.45) is 0 Å². The van der Waals surface area contributed by atoms with Gasteiger partial charge in [-0.05, 0) is 31.2 Å². The van der Waals surface area contributed by atoms with E-state index in [0.29, 0.717) is 18.6 Å². The highest BCUT2D eigenvalue weighted by Gasteiger charge is 2.15. The van der Waals surface area contributed by atoms with E-state index >= 15 is 0 Å². The van der Waals surface area contributed by atoms with Crippen LogP contribution in [-0.4, -0.2) is 46.7 Å². The van der Waals surface area contributed by atoms with Gasteiger partial charge in [-0.25, -0.2) is 0 Å². The summed E-state index contributed by atoms with van der Waals surface area (Å²) in [6.45, 7) is 4.71. The summed E-state index contributed by atoms with van der Waals surface area (Å²) in [4.78, 5) is 14.3. The normalized spacial score (nSPS) is 12.3.